The molecule has 1 N–H and O–H groups in total. The number of hydrogen-bond acceptors (Lipinski definition) is 2. The average molecular weight is 258 g/mol. The fourth-order valence-corrected chi connectivity index (χ4v) is 2.88. The van der Waals surface area contributed by atoms with Gasteiger partial charge in [0.1, 0.15) is 11.6 Å². The highest BCUT2D eigenvalue weighted by molar-refractivity contribution is 5.97. The van der Waals surface area contributed by atoms with Gasteiger partial charge in [0.15, 0.2) is 0 Å². The lowest BCUT2D eigenvalue weighted by Crippen LogP contribution is -2.37. The lowest BCUT2D eigenvalue weighted by Gasteiger charge is -2.22. The number of carbonyl (C=O) groups is 1. The predicted molar refractivity (Wildman–Crippen MR) is 75.2 cm³/mol. The third kappa shape index (κ3) is 4.24. The number of hydrogen-bond donors (Lipinski definition) is 1. The molecule has 0 aromatic carbocycles. The van der Waals surface area contributed by atoms with Crippen LogP contribution in [0.2, 0.25) is 0 Å². The summed E-state index contributed by atoms with van der Waals surface area (Å²) in [7, 11) is 0. The quantitative estimate of drug-likeness (QED) is 0.480. The summed E-state index contributed by atoms with van der Waals surface area (Å²) in [5, 5.41) is 12.2. The van der Waals surface area contributed by atoms with Crippen LogP contribution in [-0.4, -0.2) is 11.9 Å². The van der Waals surface area contributed by atoms with Gasteiger partial charge in [0.05, 0.1) is 0 Å². The first-order valence-corrected chi connectivity index (χ1v) is 7.37. The Balaban J connectivity index is 1.92. The van der Waals surface area contributed by atoms with Gasteiger partial charge in [-0.2, -0.15) is 5.26 Å². The number of carbonyl (C=O) groups excluding carboxylic acids is 1. The van der Waals surface area contributed by atoms with Gasteiger partial charge in [-0.05, 0) is 38.0 Å². The molecule has 2 aliphatic carbocycles. The van der Waals surface area contributed by atoms with Crippen molar-refractivity contribution in [3.63, 3.8) is 0 Å². The number of rotatable bonds is 3. The highest BCUT2D eigenvalue weighted by Gasteiger charge is 2.19. The fourth-order valence-electron chi connectivity index (χ4n) is 2.88. The lowest BCUT2D eigenvalue weighted by molar-refractivity contribution is -0.118. The van der Waals surface area contributed by atoms with Crippen molar-refractivity contribution in [3.05, 3.63) is 23.8 Å². The van der Waals surface area contributed by atoms with E-state index < -0.39 is 0 Å². The Morgan fingerprint density at radius 3 is 2.63 bits per heavy atom. The number of nitrogens with one attached hydrogen (secondary N) is 1. The molecule has 1 unspecified atom stereocenters. The van der Waals surface area contributed by atoms with Gasteiger partial charge in [0.25, 0.3) is 5.91 Å². The summed E-state index contributed by atoms with van der Waals surface area (Å²) in [5.41, 5.74) is 0.297. The molecule has 102 valence electrons. The Labute approximate surface area is 115 Å². The van der Waals surface area contributed by atoms with E-state index in [1.54, 1.807) is 0 Å². The van der Waals surface area contributed by atoms with Crippen molar-refractivity contribution in [2.24, 2.45) is 5.92 Å². The zero-order valence-electron chi connectivity index (χ0n) is 11.4. The molecule has 3 heteroatoms. The highest BCUT2D eigenvalue weighted by atomic mass is 16.1. The van der Waals surface area contributed by atoms with Crippen LogP contribution in [0.3, 0.4) is 0 Å². The van der Waals surface area contributed by atoms with E-state index in [0.717, 1.165) is 32.1 Å². The normalized spacial score (nSPS) is 24.8. The minimum Gasteiger partial charge on any atom is -0.349 e. The van der Waals surface area contributed by atoms with Gasteiger partial charge >= 0.3 is 0 Å². The summed E-state index contributed by atoms with van der Waals surface area (Å²) in [6.07, 6.45) is 14.9. The van der Waals surface area contributed by atoms with Crippen LogP contribution in [0.1, 0.15) is 51.4 Å². The van der Waals surface area contributed by atoms with Gasteiger partial charge in [-0.15, -0.1) is 0 Å². The molecule has 0 bridgehead atoms. The van der Waals surface area contributed by atoms with E-state index in [0.29, 0.717) is 11.5 Å². The van der Waals surface area contributed by atoms with Crippen molar-refractivity contribution in [2.75, 3.05) is 0 Å². The molecular formula is C16H22N2O. The maximum atomic E-state index is 12.1. The van der Waals surface area contributed by atoms with Crippen molar-refractivity contribution in [1.29, 1.82) is 5.26 Å². The van der Waals surface area contributed by atoms with Gasteiger partial charge in [-0.1, -0.05) is 37.5 Å². The topological polar surface area (TPSA) is 52.9 Å². The van der Waals surface area contributed by atoms with E-state index in [9.17, 15) is 4.79 Å². The Morgan fingerprint density at radius 1 is 1.21 bits per heavy atom. The molecule has 1 atom stereocenters. The highest BCUT2D eigenvalue weighted by Crippen LogP contribution is 2.21. The van der Waals surface area contributed by atoms with E-state index in [-0.39, 0.29) is 11.9 Å². The second-order valence-corrected chi connectivity index (χ2v) is 5.55. The average Bonchev–Trinajstić information content (AvgIpc) is 2.47. The van der Waals surface area contributed by atoms with Gasteiger partial charge in [0, 0.05) is 6.04 Å². The van der Waals surface area contributed by atoms with Crippen LogP contribution in [0.25, 0.3) is 0 Å². The van der Waals surface area contributed by atoms with E-state index in [1.807, 2.05) is 6.08 Å². The molecule has 1 fully saturated rings. The van der Waals surface area contributed by atoms with Crippen LogP contribution < -0.4 is 5.32 Å². The van der Waals surface area contributed by atoms with Crippen molar-refractivity contribution < 1.29 is 4.79 Å². The molecule has 0 spiro atoms. The number of nitriles is 1. The maximum absolute atomic E-state index is 12.1. The molecule has 1 saturated carbocycles. The third-order valence-corrected chi connectivity index (χ3v) is 4.02. The molecule has 2 rings (SSSR count). The summed E-state index contributed by atoms with van der Waals surface area (Å²) in [6, 6.07) is 2.33. The smallest absolute Gasteiger partial charge is 0.261 e. The molecule has 2 aliphatic rings. The summed E-state index contributed by atoms with van der Waals surface area (Å²) in [4.78, 5) is 12.1. The number of amides is 1. The van der Waals surface area contributed by atoms with Crippen molar-refractivity contribution in [3.8, 4) is 6.07 Å². The largest absolute Gasteiger partial charge is 0.349 e. The van der Waals surface area contributed by atoms with Crippen LogP contribution in [-0.2, 0) is 4.79 Å². The molecule has 1 amide bonds. The minimum atomic E-state index is -0.177. The van der Waals surface area contributed by atoms with Gasteiger partial charge in [0.2, 0.25) is 0 Å². The van der Waals surface area contributed by atoms with E-state index in [2.05, 4.69) is 23.5 Å². The van der Waals surface area contributed by atoms with Crippen LogP contribution in [0.5, 0.6) is 0 Å². The second kappa shape index (κ2) is 7.13. The van der Waals surface area contributed by atoms with Crippen LogP contribution in [0.15, 0.2) is 23.8 Å². The number of allylic oxidation sites excluding steroid dienone is 3. The second-order valence-electron chi connectivity index (χ2n) is 5.55. The molecule has 3 nitrogen and oxygen atoms in total. The van der Waals surface area contributed by atoms with E-state index in [4.69, 9.17) is 5.26 Å². The van der Waals surface area contributed by atoms with Crippen LogP contribution in [0, 0.1) is 17.2 Å². The van der Waals surface area contributed by atoms with E-state index >= 15 is 0 Å². The first kappa shape index (κ1) is 13.9. The lowest BCUT2D eigenvalue weighted by atomic mass is 9.92. The monoisotopic (exact) mass is 258 g/mol. The van der Waals surface area contributed by atoms with Crippen molar-refractivity contribution >= 4 is 5.91 Å². The van der Waals surface area contributed by atoms with Gasteiger partial charge < -0.3 is 5.32 Å². The first-order chi connectivity index (χ1) is 9.29. The Bertz CT molecular complexity index is 411. The zero-order chi connectivity index (χ0) is 13.5. The Hall–Kier alpha value is -1.56. The number of nitrogens with zero attached hydrogens (tertiary/aromatic N) is 1. The first-order valence-electron chi connectivity index (χ1n) is 7.37. The third-order valence-electron chi connectivity index (χ3n) is 4.02. The summed E-state index contributed by atoms with van der Waals surface area (Å²) < 4.78 is 0. The SMILES string of the molecule is N#C/C(=C\C1CC=CCC1)C(=O)NC1CCCCC1. The molecule has 0 aliphatic heterocycles. The molecule has 0 saturated heterocycles. The summed E-state index contributed by atoms with van der Waals surface area (Å²) in [6.45, 7) is 0. The zero-order valence-corrected chi connectivity index (χ0v) is 11.4. The Morgan fingerprint density at radius 2 is 2.00 bits per heavy atom. The van der Waals surface area contributed by atoms with E-state index in [1.165, 1.54) is 19.3 Å². The maximum Gasteiger partial charge on any atom is 0.261 e. The predicted octanol–water partition coefficient (Wildman–Crippen LogP) is 3.24. The molecular weight excluding hydrogens is 236 g/mol. The minimum absolute atomic E-state index is 0.177. The van der Waals surface area contributed by atoms with Gasteiger partial charge in [-0.3, -0.25) is 4.79 Å². The van der Waals surface area contributed by atoms with Crippen molar-refractivity contribution in [2.45, 2.75) is 57.4 Å². The molecule has 0 aromatic rings. The molecule has 0 heterocycles. The fraction of sp³-hybridized carbons (Fsp3) is 0.625. The Kier molecular flexibility index (Phi) is 5.20. The van der Waals surface area contributed by atoms with Crippen LogP contribution >= 0.6 is 0 Å². The standard InChI is InChI=1S/C16H22N2O/c17-12-14(11-13-7-3-1-4-8-13)16(19)18-15-9-5-2-6-10-15/h1,3,11,13,15H,2,4-10H2,(H,18,19)/b14-11+. The van der Waals surface area contributed by atoms with Crippen molar-refractivity contribution in [1.82, 2.24) is 5.32 Å². The summed E-state index contributed by atoms with van der Waals surface area (Å²) >= 11 is 0. The molecule has 19 heavy (non-hydrogen) atoms. The van der Waals surface area contributed by atoms with Crippen LogP contribution in [0.4, 0.5) is 0 Å². The summed E-state index contributed by atoms with van der Waals surface area (Å²) in [5.74, 6) is 0.167. The van der Waals surface area contributed by atoms with Gasteiger partial charge in [-0.25, -0.2) is 0 Å². The molecule has 0 aromatic heterocycles. The molecule has 0 radical (unpaired) electrons.